The predicted octanol–water partition coefficient (Wildman–Crippen LogP) is 16.1. The van der Waals surface area contributed by atoms with E-state index in [1.165, 1.54) is 16.7 Å². The first-order valence-corrected chi connectivity index (χ1v) is 23.0. The highest BCUT2D eigenvalue weighted by Crippen LogP contribution is 2.44. The Morgan fingerprint density at radius 1 is 0.265 bits per heavy atom. The molecule has 5 heteroatoms. The van der Waals surface area contributed by atoms with Crippen molar-refractivity contribution in [3.8, 4) is 78.9 Å². The lowest BCUT2D eigenvalue weighted by Crippen LogP contribution is -2.06. The molecular formula is C63H41N5. The maximum absolute atomic E-state index is 5.42. The van der Waals surface area contributed by atoms with Crippen LogP contribution in [0.5, 0.6) is 0 Å². The highest BCUT2D eigenvalue weighted by atomic mass is 15.2. The summed E-state index contributed by atoms with van der Waals surface area (Å²) in [6, 6.07) is 88.3. The molecule has 0 amide bonds. The molecule has 0 fully saturated rings. The zero-order valence-corrected chi connectivity index (χ0v) is 36.9. The molecule has 3 heterocycles. The van der Waals surface area contributed by atoms with E-state index in [2.05, 4.69) is 234 Å². The van der Waals surface area contributed by atoms with Crippen LogP contribution in [-0.2, 0) is 0 Å². The lowest BCUT2D eigenvalue weighted by molar-refractivity contribution is 0.955. The van der Waals surface area contributed by atoms with Crippen molar-refractivity contribution in [3.63, 3.8) is 0 Å². The van der Waals surface area contributed by atoms with Gasteiger partial charge in [-0.25, -0.2) is 4.98 Å². The van der Waals surface area contributed by atoms with Crippen molar-refractivity contribution in [3.05, 3.63) is 249 Å². The molecule has 13 aromatic rings. The average molecular weight is 868 g/mol. The molecule has 5 nitrogen and oxygen atoms in total. The summed E-state index contributed by atoms with van der Waals surface area (Å²) in [4.78, 5) is 16.0. The molecule has 3 aromatic heterocycles. The first-order chi connectivity index (χ1) is 33.7. The van der Waals surface area contributed by atoms with E-state index in [0.717, 1.165) is 88.2 Å². The number of hydrogen-bond acceptors (Lipinski definition) is 3. The second-order valence-electron chi connectivity index (χ2n) is 17.2. The van der Waals surface area contributed by atoms with Gasteiger partial charge in [0.25, 0.3) is 0 Å². The predicted molar refractivity (Wildman–Crippen MR) is 281 cm³/mol. The minimum Gasteiger partial charge on any atom is -0.309 e. The van der Waals surface area contributed by atoms with E-state index in [1.807, 2.05) is 24.3 Å². The maximum Gasteiger partial charge on any atom is 0.238 e. The first-order valence-electron chi connectivity index (χ1n) is 23.0. The van der Waals surface area contributed by atoms with Gasteiger partial charge in [-0.2, -0.15) is 9.97 Å². The second-order valence-corrected chi connectivity index (χ2v) is 17.2. The van der Waals surface area contributed by atoms with Gasteiger partial charge in [0.2, 0.25) is 5.95 Å². The van der Waals surface area contributed by atoms with Gasteiger partial charge in [0.05, 0.1) is 27.8 Å². The topological polar surface area (TPSA) is 48.5 Å². The van der Waals surface area contributed by atoms with Gasteiger partial charge in [0.1, 0.15) is 0 Å². The van der Waals surface area contributed by atoms with Gasteiger partial charge in [-0.1, -0.05) is 206 Å². The second kappa shape index (κ2) is 16.4. The summed E-state index contributed by atoms with van der Waals surface area (Å²) in [7, 11) is 0. The normalized spacial score (nSPS) is 11.5. The van der Waals surface area contributed by atoms with Gasteiger partial charge in [-0.15, -0.1) is 0 Å². The van der Waals surface area contributed by atoms with Crippen molar-refractivity contribution >= 4 is 43.6 Å². The quantitative estimate of drug-likeness (QED) is 0.153. The van der Waals surface area contributed by atoms with Crippen LogP contribution in [0.1, 0.15) is 0 Å². The highest BCUT2D eigenvalue weighted by molar-refractivity contribution is 6.26. The molecule has 0 N–H and O–H groups in total. The number of rotatable bonds is 8. The van der Waals surface area contributed by atoms with E-state index in [1.54, 1.807) is 0 Å². The van der Waals surface area contributed by atoms with Crippen molar-refractivity contribution < 1.29 is 0 Å². The fourth-order valence-electron chi connectivity index (χ4n) is 10.0. The molecule has 0 saturated heterocycles. The molecule has 68 heavy (non-hydrogen) atoms. The Balaban J connectivity index is 1.10. The van der Waals surface area contributed by atoms with Gasteiger partial charge < -0.3 is 4.57 Å². The van der Waals surface area contributed by atoms with Crippen LogP contribution in [0.4, 0.5) is 0 Å². The third kappa shape index (κ3) is 6.68. The van der Waals surface area contributed by atoms with E-state index >= 15 is 0 Å². The largest absolute Gasteiger partial charge is 0.309 e. The maximum atomic E-state index is 5.42. The Hall–Kier alpha value is -9.19. The van der Waals surface area contributed by atoms with Gasteiger partial charge in [-0.3, -0.25) is 4.57 Å². The molecule has 13 rings (SSSR count). The van der Waals surface area contributed by atoms with Gasteiger partial charge in [0.15, 0.2) is 11.6 Å². The first kappa shape index (κ1) is 39.2. The molecule has 0 spiro atoms. The summed E-state index contributed by atoms with van der Waals surface area (Å²) in [5.41, 5.74) is 16.4. The summed E-state index contributed by atoms with van der Waals surface area (Å²) >= 11 is 0. The Morgan fingerprint density at radius 2 is 0.735 bits per heavy atom. The molecule has 0 aliphatic heterocycles. The Kier molecular flexibility index (Phi) is 9.43. The molecule has 0 aliphatic rings. The Bertz CT molecular complexity index is 4010. The molecule has 0 bridgehead atoms. The molecule has 0 radical (unpaired) electrons. The summed E-state index contributed by atoms with van der Waals surface area (Å²) in [6.45, 7) is 0. The van der Waals surface area contributed by atoms with E-state index in [4.69, 9.17) is 15.0 Å². The van der Waals surface area contributed by atoms with E-state index in [-0.39, 0.29) is 0 Å². The summed E-state index contributed by atoms with van der Waals surface area (Å²) < 4.78 is 4.72. The van der Waals surface area contributed by atoms with Crippen LogP contribution in [0, 0.1) is 0 Å². The van der Waals surface area contributed by atoms with Crippen molar-refractivity contribution in [1.82, 2.24) is 24.1 Å². The average Bonchev–Trinajstić information content (AvgIpc) is 3.95. The number of fused-ring (bicyclic) bond motifs is 7. The fraction of sp³-hybridized carbons (Fsp3) is 0. The molecule has 10 aromatic carbocycles. The van der Waals surface area contributed by atoms with Crippen LogP contribution < -0.4 is 0 Å². The van der Waals surface area contributed by atoms with Gasteiger partial charge in [-0.05, 0) is 81.4 Å². The third-order valence-corrected chi connectivity index (χ3v) is 13.2. The van der Waals surface area contributed by atoms with Crippen LogP contribution in [0.2, 0.25) is 0 Å². The lowest BCUT2D eigenvalue weighted by atomic mass is 9.94. The van der Waals surface area contributed by atoms with Crippen LogP contribution in [0.3, 0.4) is 0 Å². The lowest BCUT2D eigenvalue weighted by Gasteiger charge is -2.17. The monoisotopic (exact) mass is 867 g/mol. The SMILES string of the molecule is c1ccc(-c2cccc(-c3nc(-c4ccccc4)nc(-n4c5ccccc5c5ccc6c(c7ccccc7n6-c6ccc(-c7ccccc7)cc6-c6cccc(-c7ccccc7)c6)c54)n3)c2)cc1. The smallest absolute Gasteiger partial charge is 0.238 e. The zero-order chi connectivity index (χ0) is 45.0. The summed E-state index contributed by atoms with van der Waals surface area (Å²) in [5.74, 6) is 1.77. The summed E-state index contributed by atoms with van der Waals surface area (Å²) in [6.07, 6.45) is 0. The number of aromatic nitrogens is 5. The molecular weight excluding hydrogens is 827 g/mol. The number of hydrogen-bond donors (Lipinski definition) is 0. The van der Waals surface area contributed by atoms with Gasteiger partial charge >= 0.3 is 0 Å². The van der Waals surface area contributed by atoms with Crippen LogP contribution >= 0.6 is 0 Å². The Morgan fingerprint density at radius 3 is 1.37 bits per heavy atom. The minimum atomic E-state index is 0.556. The molecule has 318 valence electrons. The van der Waals surface area contributed by atoms with Crippen LogP contribution in [0.15, 0.2) is 249 Å². The van der Waals surface area contributed by atoms with E-state index in [0.29, 0.717) is 17.6 Å². The Labute approximate surface area is 393 Å². The molecule has 0 aliphatic carbocycles. The molecule has 0 unspecified atom stereocenters. The number of para-hydroxylation sites is 2. The third-order valence-electron chi connectivity index (χ3n) is 13.2. The summed E-state index contributed by atoms with van der Waals surface area (Å²) in [5, 5.41) is 4.52. The standard InChI is InChI=1S/C63H41N5/c1-5-19-42(20-6-1)46-27-17-29-49(39-46)54-41-48(44-23-9-3-10-24-44)35-37-57(54)67-56-34-16-14-32-53(56)59-58(67)38-36-52-51-31-13-15-33-55(51)68(60(52)59)63-65-61(45-25-11-4-12-26-45)64-62(66-63)50-30-18-28-47(40-50)43-21-7-2-8-22-43/h1-41H. The minimum absolute atomic E-state index is 0.556. The van der Waals surface area contributed by atoms with E-state index < -0.39 is 0 Å². The van der Waals surface area contributed by atoms with Crippen molar-refractivity contribution in [1.29, 1.82) is 0 Å². The molecule has 0 saturated carbocycles. The zero-order valence-electron chi connectivity index (χ0n) is 36.9. The van der Waals surface area contributed by atoms with Gasteiger partial charge in [0, 0.05) is 38.2 Å². The molecule has 0 atom stereocenters. The van der Waals surface area contributed by atoms with Crippen LogP contribution in [-0.4, -0.2) is 24.1 Å². The van der Waals surface area contributed by atoms with E-state index in [9.17, 15) is 0 Å². The highest BCUT2D eigenvalue weighted by Gasteiger charge is 2.24. The fourth-order valence-corrected chi connectivity index (χ4v) is 10.0. The van der Waals surface area contributed by atoms with Crippen molar-refractivity contribution in [2.75, 3.05) is 0 Å². The van der Waals surface area contributed by atoms with Crippen molar-refractivity contribution in [2.24, 2.45) is 0 Å². The van der Waals surface area contributed by atoms with Crippen molar-refractivity contribution in [2.45, 2.75) is 0 Å². The van der Waals surface area contributed by atoms with Crippen LogP contribution in [0.25, 0.3) is 123 Å². The number of nitrogens with zero attached hydrogens (tertiary/aromatic N) is 5. The number of benzene rings is 10.